The lowest BCUT2D eigenvalue weighted by Crippen LogP contribution is -1.70. The van der Waals surface area contributed by atoms with Crippen molar-refractivity contribution in [1.82, 2.24) is 0 Å². The molecule has 29 valence electrons. The Morgan fingerprint density at radius 3 is 2.40 bits per heavy atom. The monoisotopic (exact) mass is 91.0 g/mol. The molecule has 0 amide bonds. The molecule has 0 aliphatic rings. The molecule has 5 heavy (non-hydrogen) atoms. The standard InChI is InChI=1S/C3H4ClO/c4-2-1-3-5/h1-2H2. The molecular weight excluding hydrogens is 87.5 g/mol. The summed E-state index contributed by atoms with van der Waals surface area (Å²) in [5.74, 6) is 0.392. The van der Waals surface area contributed by atoms with Crippen molar-refractivity contribution < 1.29 is 4.79 Å². The van der Waals surface area contributed by atoms with Crippen LogP contribution in [0.4, 0.5) is 0 Å². The van der Waals surface area contributed by atoms with Gasteiger partial charge in [0.25, 0.3) is 0 Å². The van der Waals surface area contributed by atoms with Gasteiger partial charge in [-0.3, -0.25) is 4.79 Å². The van der Waals surface area contributed by atoms with E-state index in [1.54, 1.807) is 6.29 Å². The summed E-state index contributed by atoms with van der Waals surface area (Å²) in [6.07, 6.45) is 1.98. The molecule has 0 spiro atoms. The molecule has 0 aromatic carbocycles. The van der Waals surface area contributed by atoms with Crippen LogP contribution in [0, 0.1) is 0 Å². The number of hydrogen-bond acceptors (Lipinski definition) is 1. The smallest absolute Gasteiger partial charge is 0.199 e. The first-order valence-electron chi connectivity index (χ1n) is 1.32. The first kappa shape index (κ1) is 4.96. The van der Waals surface area contributed by atoms with Gasteiger partial charge in [-0.05, 0) is 0 Å². The summed E-state index contributed by atoms with van der Waals surface area (Å²) in [7, 11) is 0. The quantitative estimate of drug-likeness (QED) is 0.458. The summed E-state index contributed by atoms with van der Waals surface area (Å²) in [5.41, 5.74) is 0. The van der Waals surface area contributed by atoms with Crippen molar-refractivity contribution in [1.29, 1.82) is 0 Å². The zero-order chi connectivity index (χ0) is 4.12. The maximum atomic E-state index is 9.20. The van der Waals surface area contributed by atoms with Crippen LogP contribution in [-0.4, -0.2) is 12.2 Å². The van der Waals surface area contributed by atoms with E-state index in [9.17, 15) is 4.79 Å². The van der Waals surface area contributed by atoms with Gasteiger partial charge in [0.2, 0.25) is 0 Å². The van der Waals surface area contributed by atoms with Crippen LogP contribution in [0.5, 0.6) is 0 Å². The molecule has 0 atom stereocenters. The molecular formula is C3H4ClO. The SMILES string of the molecule is O=[C]CCCl. The number of carbonyl (C=O) groups excluding carboxylic acids is 1. The van der Waals surface area contributed by atoms with Gasteiger partial charge in [-0.15, -0.1) is 11.6 Å². The Balaban J connectivity index is 2.40. The van der Waals surface area contributed by atoms with Gasteiger partial charge in [0, 0.05) is 12.3 Å². The topological polar surface area (TPSA) is 17.1 Å². The van der Waals surface area contributed by atoms with E-state index in [0.717, 1.165) is 0 Å². The minimum absolute atomic E-state index is 0.349. The van der Waals surface area contributed by atoms with E-state index in [1.165, 1.54) is 0 Å². The van der Waals surface area contributed by atoms with E-state index in [0.29, 0.717) is 12.3 Å². The third-order valence-corrected chi connectivity index (χ3v) is 0.386. The first-order chi connectivity index (χ1) is 2.41. The summed E-state index contributed by atoms with van der Waals surface area (Å²) in [5, 5.41) is 0. The Morgan fingerprint density at radius 2 is 2.40 bits per heavy atom. The average molecular weight is 91.5 g/mol. The zero-order valence-electron chi connectivity index (χ0n) is 2.70. The van der Waals surface area contributed by atoms with Gasteiger partial charge in [-0.1, -0.05) is 0 Å². The van der Waals surface area contributed by atoms with Crippen molar-refractivity contribution in [3.63, 3.8) is 0 Å². The van der Waals surface area contributed by atoms with Crippen LogP contribution < -0.4 is 0 Å². The van der Waals surface area contributed by atoms with Crippen LogP contribution in [0.25, 0.3) is 0 Å². The normalized spacial score (nSPS) is 7.40. The molecule has 0 aromatic heterocycles. The molecule has 0 aromatic rings. The molecule has 0 saturated carbocycles. The third kappa shape index (κ3) is 3.96. The van der Waals surface area contributed by atoms with Crippen LogP contribution >= 0.6 is 11.6 Å². The highest BCUT2D eigenvalue weighted by molar-refractivity contribution is 6.18. The molecule has 0 rings (SSSR count). The van der Waals surface area contributed by atoms with Crippen LogP contribution in [-0.2, 0) is 4.79 Å². The molecule has 0 unspecified atom stereocenters. The van der Waals surface area contributed by atoms with E-state index < -0.39 is 0 Å². The van der Waals surface area contributed by atoms with Gasteiger partial charge in [-0.25, -0.2) is 0 Å². The molecule has 0 saturated heterocycles. The molecule has 0 aliphatic carbocycles. The van der Waals surface area contributed by atoms with Crippen LogP contribution in [0.15, 0.2) is 0 Å². The van der Waals surface area contributed by atoms with Crippen molar-refractivity contribution in [2.75, 3.05) is 5.88 Å². The second-order valence-corrected chi connectivity index (χ2v) is 0.961. The molecule has 0 bridgehead atoms. The largest absolute Gasteiger partial charge is 0.291 e. The Morgan fingerprint density at radius 1 is 1.80 bits per heavy atom. The number of halogens is 1. The molecule has 1 radical (unpaired) electrons. The zero-order valence-corrected chi connectivity index (χ0v) is 3.46. The van der Waals surface area contributed by atoms with Crippen LogP contribution in [0.1, 0.15) is 6.42 Å². The maximum Gasteiger partial charge on any atom is 0.199 e. The maximum absolute atomic E-state index is 9.20. The van der Waals surface area contributed by atoms with E-state index in [-0.39, 0.29) is 0 Å². The minimum atomic E-state index is 0.349. The minimum Gasteiger partial charge on any atom is -0.291 e. The Labute approximate surface area is 35.9 Å². The highest BCUT2D eigenvalue weighted by atomic mass is 35.5. The summed E-state index contributed by atoms with van der Waals surface area (Å²) in [4.78, 5) is 9.20. The second-order valence-electron chi connectivity index (χ2n) is 0.583. The van der Waals surface area contributed by atoms with E-state index in [1.807, 2.05) is 0 Å². The molecule has 0 N–H and O–H groups in total. The fourth-order valence-electron chi connectivity index (χ4n) is 0.0386. The predicted molar refractivity (Wildman–Crippen MR) is 21.0 cm³/mol. The summed E-state index contributed by atoms with van der Waals surface area (Å²) >= 11 is 5.04. The molecule has 2 heteroatoms. The Bertz CT molecular complexity index is 28.1. The summed E-state index contributed by atoms with van der Waals surface area (Å²) < 4.78 is 0. The van der Waals surface area contributed by atoms with Gasteiger partial charge in [0.1, 0.15) is 0 Å². The first-order valence-corrected chi connectivity index (χ1v) is 1.86. The van der Waals surface area contributed by atoms with Crippen molar-refractivity contribution in [2.45, 2.75) is 6.42 Å². The Kier molecular flexibility index (Phi) is 3.93. The van der Waals surface area contributed by atoms with Gasteiger partial charge < -0.3 is 0 Å². The lowest BCUT2D eigenvalue weighted by Gasteiger charge is -1.64. The average Bonchev–Trinajstić information content (AvgIpc) is 1.41. The lowest BCUT2D eigenvalue weighted by molar-refractivity contribution is 0.554. The second kappa shape index (κ2) is 3.96. The van der Waals surface area contributed by atoms with Gasteiger partial charge in [0.05, 0.1) is 0 Å². The van der Waals surface area contributed by atoms with Gasteiger partial charge in [-0.2, -0.15) is 0 Å². The highest BCUT2D eigenvalue weighted by Crippen LogP contribution is 1.74. The fraction of sp³-hybridized carbons (Fsp3) is 0.667. The van der Waals surface area contributed by atoms with Crippen LogP contribution in [0.3, 0.4) is 0 Å². The summed E-state index contributed by atoms with van der Waals surface area (Å²) in [6.45, 7) is 0. The van der Waals surface area contributed by atoms with Crippen LogP contribution in [0.2, 0.25) is 0 Å². The third-order valence-electron chi connectivity index (χ3n) is 0.197. The van der Waals surface area contributed by atoms with E-state index in [2.05, 4.69) is 0 Å². The molecule has 0 heterocycles. The van der Waals surface area contributed by atoms with Crippen molar-refractivity contribution in [2.24, 2.45) is 0 Å². The number of alkyl halides is 1. The molecule has 1 nitrogen and oxygen atoms in total. The molecule has 0 aliphatic heterocycles. The van der Waals surface area contributed by atoms with E-state index >= 15 is 0 Å². The van der Waals surface area contributed by atoms with Crippen molar-refractivity contribution in [3.05, 3.63) is 0 Å². The molecule has 0 fully saturated rings. The van der Waals surface area contributed by atoms with Crippen molar-refractivity contribution in [3.8, 4) is 0 Å². The number of hydrogen-bond donors (Lipinski definition) is 0. The Hall–Kier alpha value is -0.0400. The fourth-order valence-corrected chi connectivity index (χ4v) is 0.116. The number of rotatable bonds is 2. The lowest BCUT2D eigenvalue weighted by atomic mass is 10.6. The highest BCUT2D eigenvalue weighted by Gasteiger charge is 1.71. The van der Waals surface area contributed by atoms with Gasteiger partial charge in [0.15, 0.2) is 6.29 Å². The van der Waals surface area contributed by atoms with Gasteiger partial charge >= 0.3 is 0 Å². The van der Waals surface area contributed by atoms with Crippen molar-refractivity contribution >= 4 is 17.9 Å². The predicted octanol–water partition coefficient (Wildman–Crippen LogP) is 0.725. The van der Waals surface area contributed by atoms with E-state index in [4.69, 9.17) is 11.6 Å². The summed E-state index contributed by atoms with van der Waals surface area (Å²) in [6, 6.07) is 0.